The second-order valence-electron chi connectivity index (χ2n) is 8.04. The SMILES string of the molecule is CC(CO)Cn1c(=O)c2c(nc(N3CCNCC3)n2Cc2ccccc2I)n(C)c1=O. The normalized spacial score (nSPS) is 15.5. The maximum atomic E-state index is 13.5. The van der Waals surface area contributed by atoms with E-state index < -0.39 is 5.69 Å². The fourth-order valence-electron chi connectivity index (χ4n) is 3.94. The summed E-state index contributed by atoms with van der Waals surface area (Å²) in [6, 6.07) is 8.06. The van der Waals surface area contributed by atoms with E-state index in [1.807, 2.05) is 35.8 Å². The van der Waals surface area contributed by atoms with Crippen molar-refractivity contribution >= 4 is 39.7 Å². The Morgan fingerprint density at radius 3 is 2.58 bits per heavy atom. The molecule has 10 heteroatoms. The smallest absolute Gasteiger partial charge is 0.332 e. The molecule has 1 aliphatic rings. The van der Waals surface area contributed by atoms with E-state index in [0.29, 0.717) is 23.7 Å². The van der Waals surface area contributed by atoms with Crippen LogP contribution < -0.4 is 21.5 Å². The number of nitrogens with one attached hydrogen (secondary N) is 1. The first-order valence-electron chi connectivity index (χ1n) is 10.4. The van der Waals surface area contributed by atoms with Crippen LogP contribution in [0, 0.1) is 9.49 Å². The van der Waals surface area contributed by atoms with Crippen LogP contribution in [0.4, 0.5) is 5.95 Å². The van der Waals surface area contributed by atoms with Crippen molar-refractivity contribution < 1.29 is 5.11 Å². The van der Waals surface area contributed by atoms with Crippen molar-refractivity contribution in [2.24, 2.45) is 13.0 Å². The molecule has 2 N–H and O–H groups in total. The number of aliphatic hydroxyl groups excluding tert-OH is 1. The number of benzene rings is 1. The lowest BCUT2D eigenvalue weighted by atomic mass is 10.2. The number of aromatic nitrogens is 4. The minimum atomic E-state index is -0.413. The summed E-state index contributed by atoms with van der Waals surface area (Å²) in [6.45, 7) is 5.59. The van der Waals surface area contributed by atoms with Crippen LogP contribution in [-0.2, 0) is 20.1 Å². The average molecular weight is 538 g/mol. The van der Waals surface area contributed by atoms with Gasteiger partial charge in [0.25, 0.3) is 5.56 Å². The van der Waals surface area contributed by atoms with Crippen LogP contribution in [0.1, 0.15) is 12.5 Å². The van der Waals surface area contributed by atoms with Gasteiger partial charge >= 0.3 is 5.69 Å². The summed E-state index contributed by atoms with van der Waals surface area (Å²) in [7, 11) is 1.65. The van der Waals surface area contributed by atoms with Gasteiger partial charge in [-0.05, 0) is 40.1 Å². The summed E-state index contributed by atoms with van der Waals surface area (Å²) < 4.78 is 5.71. The van der Waals surface area contributed by atoms with E-state index in [0.717, 1.165) is 35.3 Å². The van der Waals surface area contributed by atoms with Crippen LogP contribution in [0.25, 0.3) is 11.2 Å². The summed E-state index contributed by atoms with van der Waals surface area (Å²) in [4.78, 5) is 33.4. The molecule has 9 nitrogen and oxygen atoms in total. The Hall–Kier alpha value is -2.18. The summed E-state index contributed by atoms with van der Waals surface area (Å²) in [5.41, 5.74) is 1.12. The van der Waals surface area contributed by atoms with Crippen LogP contribution in [0.5, 0.6) is 0 Å². The van der Waals surface area contributed by atoms with Crippen molar-refractivity contribution in [3.63, 3.8) is 0 Å². The number of fused-ring (bicyclic) bond motifs is 1. The van der Waals surface area contributed by atoms with E-state index in [1.165, 1.54) is 9.13 Å². The number of anilines is 1. The molecular weight excluding hydrogens is 511 g/mol. The summed E-state index contributed by atoms with van der Waals surface area (Å²) in [6.07, 6.45) is 0. The van der Waals surface area contributed by atoms with Gasteiger partial charge in [0.05, 0.1) is 6.54 Å². The molecule has 1 atom stereocenters. The largest absolute Gasteiger partial charge is 0.396 e. The van der Waals surface area contributed by atoms with Gasteiger partial charge in [-0.25, -0.2) is 4.79 Å². The lowest BCUT2D eigenvalue weighted by Gasteiger charge is -2.28. The highest BCUT2D eigenvalue weighted by molar-refractivity contribution is 14.1. The Labute approximate surface area is 193 Å². The second kappa shape index (κ2) is 9.13. The standard InChI is InChI=1S/C21H27IN6O3/c1-14(13-29)11-28-19(30)17-18(25(2)21(28)31)24-20(26-9-7-23-8-10-26)27(17)12-15-5-3-4-6-16(15)22/h3-6,14,23,29H,7-13H2,1-2H3. The maximum Gasteiger partial charge on any atom is 0.332 e. The number of aliphatic hydroxyl groups is 1. The van der Waals surface area contributed by atoms with Gasteiger partial charge in [0.15, 0.2) is 11.2 Å². The van der Waals surface area contributed by atoms with Crippen molar-refractivity contribution in [3.8, 4) is 0 Å². The Morgan fingerprint density at radius 1 is 1.19 bits per heavy atom. The molecule has 1 fully saturated rings. The van der Waals surface area contributed by atoms with E-state index in [9.17, 15) is 14.7 Å². The van der Waals surface area contributed by atoms with Crippen molar-refractivity contribution in [3.05, 3.63) is 54.2 Å². The quantitative estimate of drug-likeness (QED) is 0.446. The second-order valence-corrected chi connectivity index (χ2v) is 9.21. The molecule has 0 spiro atoms. The summed E-state index contributed by atoms with van der Waals surface area (Å²) in [5, 5.41) is 12.8. The van der Waals surface area contributed by atoms with E-state index in [1.54, 1.807) is 7.05 Å². The van der Waals surface area contributed by atoms with E-state index in [-0.39, 0.29) is 24.6 Å². The molecule has 0 saturated carbocycles. The zero-order chi connectivity index (χ0) is 22.1. The molecule has 4 rings (SSSR count). The lowest BCUT2D eigenvalue weighted by molar-refractivity contribution is 0.220. The molecule has 166 valence electrons. The van der Waals surface area contributed by atoms with Gasteiger partial charge in [0, 0.05) is 49.9 Å². The van der Waals surface area contributed by atoms with Gasteiger partial charge < -0.3 is 15.3 Å². The van der Waals surface area contributed by atoms with Crippen LogP contribution in [0.2, 0.25) is 0 Å². The molecule has 3 heterocycles. The zero-order valence-electron chi connectivity index (χ0n) is 17.7. The van der Waals surface area contributed by atoms with Crippen molar-refractivity contribution in [2.45, 2.75) is 20.0 Å². The molecule has 0 bridgehead atoms. The highest BCUT2D eigenvalue weighted by atomic mass is 127. The predicted octanol–water partition coefficient (Wildman–Crippen LogP) is 0.588. The molecule has 1 aliphatic heterocycles. The Kier molecular flexibility index (Phi) is 6.49. The number of halogens is 1. The first-order valence-corrected chi connectivity index (χ1v) is 11.5. The first kappa shape index (κ1) is 22.0. The highest BCUT2D eigenvalue weighted by Crippen LogP contribution is 2.23. The van der Waals surface area contributed by atoms with Gasteiger partial charge in [0.1, 0.15) is 0 Å². The number of rotatable bonds is 6. The number of piperazine rings is 1. The van der Waals surface area contributed by atoms with Crippen LogP contribution in [0.15, 0.2) is 33.9 Å². The van der Waals surface area contributed by atoms with Gasteiger partial charge in [-0.15, -0.1) is 0 Å². The highest BCUT2D eigenvalue weighted by Gasteiger charge is 2.25. The minimum absolute atomic E-state index is 0.0961. The Morgan fingerprint density at radius 2 is 1.90 bits per heavy atom. The maximum absolute atomic E-state index is 13.5. The third-order valence-electron chi connectivity index (χ3n) is 5.70. The van der Waals surface area contributed by atoms with Crippen molar-refractivity contribution in [2.75, 3.05) is 37.7 Å². The number of hydrogen-bond donors (Lipinski definition) is 2. The molecule has 31 heavy (non-hydrogen) atoms. The van der Waals surface area contributed by atoms with Crippen LogP contribution in [-0.4, -0.2) is 56.6 Å². The topological polar surface area (TPSA) is 97.3 Å². The zero-order valence-corrected chi connectivity index (χ0v) is 19.9. The van der Waals surface area contributed by atoms with Gasteiger partial charge in [-0.3, -0.25) is 18.5 Å². The van der Waals surface area contributed by atoms with Gasteiger partial charge in [-0.1, -0.05) is 25.1 Å². The van der Waals surface area contributed by atoms with Gasteiger partial charge in [0.2, 0.25) is 5.95 Å². The first-order chi connectivity index (χ1) is 14.9. The number of aryl methyl sites for hydroxylation is 1. The number of nitrogens with zero attached hydrogens (tertiary/aromatic N) is 5. The summed E-state index contributed by atoms with van der Waals surface area (Å²) in [5.74, 6) is 0.498. The fraction of sp³-hybridized carbons (Fsp3) is 0.476. The summed E-state index contributed by atoms with van der Waals surface area (Å²) >= 11 is 2.30. The molecule has 1 saturated heterocycles. The minimum Gasteiger partial charge on any atom is -0.396 e. The van der Waals surface area contributed by atoms with E-state index in [4.69, 9.17) is 4.98 Å². The molecule has 0 amide bonds. The molecule has 0 radical (unpaired) electrons. The molecule has 0 aliphatic carbocycles. The van der Waals surface area contributed by atoms with Gasteiger partial charge in [-0.2, -0.15) is 4.98 Å². The van der Waals surface area contributed by atoms with Crippen molar-refractivity contribution in [1.29, 1.82) is 0 Å². The predicted molar refractivity (Wildman–Crippen MR) is 129 cm³/mol. The van der Waals surface area contributed by atoms with Crippen LogP contribution >= 0.6 is 22.6 Å². The average Bonchev–Trinajstić information content (AvgIpc) is 3.16. The fourth-order valence-corrected chi connectivity index (χ4v) is 4.50. The third kappa shape index (κ3) is 4.15. The molecule has 2 aromatic heterocycles. The van der Waals surface area contributed by atoms with E-state index in [2.05, 4.69) is 32.8 Å². The molecule has 3 aromatic rings. The van der Waals surface area contributed by atoms with Crippen molar-refractivity contribution in [1.82, 2.24) is 24.0 Å². The number of imidazole rings is 1. The monoisotopic (exact) mass is 538 g/mol. The lowest BCUT2D eigenvalue weighted by Crippen LogP contribution is -2.44. The van der Waals surface area contributed by atoms with E-state index >= 15 is 0 Å². The third-order valence-corrected chi connectivity index (χ3v) is 6.76. The van der Waals surface area contributed by atoms with Crippen LogP contribution in [0.3, 0.4) is 0 Å². The molecule has 1 aromatic carbocycles. The number of hydrogen-bond acceptors (Lipinski definition) is 6. The Balaban J connectivity index is 1.97. The Bertz CT molecular complexity index is 1210. The molecule has 1 unspecified atom stereocenters. The molecular formula is C21H27IN6O3.